The number of nitrogens with one attached hydrogen (secondary N) is 2. The van der Waals surface area contributed by atoms with E-state index in [9.17, 15) is 34.2 Å². The zero-order valence-corrected chi connectivity index (χ0v) is 43.7. The first kappa shape index (κ1) is 55.1. The van der Waals surface area contributed by atoms with Gasteiger partial charge in [-0.2, -0.15) is 0 Å². The molecule has 1 aliphatic carbocycles. The lowest BCUT2D eigenvalue weighted by Crippen LogP contribution is -2.64. The van der Waals surface area contributed by atoms with Gasteiger partial charge in [-0.1, -0.05) is 119 Å². The van der Waals surface area contributed by atoms with Crippen molar-refractivity contribution in [3.05, 3.63) is 106 Å². The Morgan fingerprint density at radius 2 is 1.69 bits per heavy atom. The van der Waals surface area contributed by atoms with E-state index >= 15 is 0 Å². The number of likely N-dealkylation sites (N-methyl/N-ethyl adjacent to an activating group) is 1. The summed E-state index contributed by atoms with van der Waals surface area (Å²) in [5.74, 6) is -2.15. The number of carbonyl (C=O) groups is 5. The first-order chi connectivity index (χ1) is 33.9. The highest BCUT2D eigenvalue weighted by molar-refractivity contribution is 8.76. The number of amides is 4. The smallest absolute Gasteiger partial charge is 0.409 e. The van der Waals surface area contributed by atoms with Gasteiger partial charge in [0.05, 0.1) is 25.3 Å². The Morgan fingerprint density at radius 1 is 1.03 bits per heavy atom. The molecule has 1 saturated heterocycles. The van der Waals surface area contributed by atoms with Crippen LogP contribution < -0.4 is 20.3 Å². The van der Waals surface area contributed by atoms with Crippen LogP contribution in [0, 0.1) is 11.8 Å². The van der Waals surface area contributed by atoms with Crippen LogP contribution in [0.1, 0.15) is 69.6 Å². The molecule has 71 heavy (non-hydrogen) atoms. The fraction of sp³-hybridized carbons (Fsp3) is 0.481. The Kier molecular flexibility index (Phi) is 19.3. The van der Waals surface area contributed by atoms with E-state index in [4.69, 9.17) is 35.3 Å². The number of aliphatic hydroxyl groups excluding tert-OH is 1. The molecule has 8 atom stereocenters. The van der Waals surface area contributed by atoms with Gasteiger partial charge in [-0.15, -0.1) is 0 Å². The van der Waals surface area contributed by atoms with E-state index < -0.39 is 78.5 Å². The van der Waals surface area contributed by atoms with E-state index in [-0.39, 0.29) is 36.3 Å². The molecule has 4 N–H and O–H groups in total. The molecule has 0 saturated carbocycles. The Morgan fingerprint density at radius 3 is 2.35 bits per heavy atom. The van der Waals surface area contributed by atoms with Crippen molar-refractivity contribution >= 4 is 68.8 Å². The van der Waals surface area contributed by atoms with Gasteiger partial charge in [0.15, 0.2) is 5.72 Å². The van der Waals surface area contributed by atoms with E-state index in [1.807, 2.05) is 37.3 Å². The lowest BCUT2D eigenvalue weighted by molar-refractivity contribution is -0.167. The quantitative estimate of drug-likeness (QED) is 0.0530. The molecule has 3 aliphatic rings. The number of ether oxygens (including phenoxy) is 5. The van der Waals surface area contributed by atoms with Gasteiger partial charge >= 0.3 is 18.2 Å². The van der Waals surface area contributed by atoms with E-state index in [1.165, 1.54) is 66.6 Å². The standard InChI is InChI=1S/C52H65ClN4O12S2/c1-30-14-13-19-44(66-8)52(64)28-43(69-51(63)55-52)32(3)48(60)31(2)41(27-46(59)57(6)40-25-34(24-30)26-42(65-7)47(40)53)68-49(61)33(4)56(5)45(58)20-22-70-71-23-21-54-50(62)67-29-39-37-17-11-9-15-35(37)36-16-10-12-18-38(36)39/h9-19,25-26,31-33,39,41,43-44,48,60,64H,20-24,27-29H2,1-8H3,(H,54,62)(H,55,63)/b19-13+,30-14+/t31-,32-,33+,41+,43+,44-,48-,52+/m1/s1. The summed E-state index contributed by atoms with van der Waals surface area (Å²) in [7, 11) is 8.83. The second-order valence-corrected chi connectivity index (χ2v) is 21.3. The van der Waals surface area contributed by atoms with Gasteiger partial charge in [-0.05, 0) is 60.2 Å². The van der Waals surface area contributed by atoms with Crippen molar-refractivity contribution in [3.63, 3.8) is 0 Å². The van der Waals surface area contributed by atoms with E-state index in [2.05, 4.69) is 34.9 Å². The Labute approximate surface area is 428 Å². The average molecular weight is 1040 g/mol. The third kappa shape index (κ3) is 13.4. The highest BCUT2D eigenvalue weighted by Gasteiger charge is 2.49. The molecular weight excluding hydrogens is 972 g/mol. The largest absolute Gasteiger partial charge is 0.495 e. The van der Waals surface area contributed by atoms with Gasteiger partial charge in [0.25, 0.3) is 0 Å². The Balaban J connectivity index is 1.06. The molecule has 3 aromatic rings. The van der Waals surface area contributed by atoms with Crippen LogP contribution in [0.3, 0.4) is 0 Å². The van der Waals surface area contributed by atoms with Crippen LogP contribution in [0.5, 0.6) is 5.75 Å². The third-order valence-electron chi connectivity index (χ3n) is 13.5. The van der Waals surface area contributed by atoms with Crippen LogP contribution in [-0.2, 0) is 39.8 Å². The summed E-state index contributed by atoms with van der Waals surface area (Å²) in [6.45, 7) is 7.24. The molecule has 4 bridgehead atoms. The normalized spacial score (nSPS) is 25.3. The number of aliphatic hydroxyl groups is 2. The van der Waals surface area contributed by atoms with E-state index in [0.717, 1.165) is 33.4 Å². The topological polar surface area (TPSA) is 202 Å². The summed E-state index contributed by atoms with van der Waals surface area (Å²) >= 11 is 6.79. The average Bonchev–Trinajstić information content (AvgIpc) is 3.67. The summed E-state index contributed by atoms with van der Waals surface area (Å²) in [5.41, 5.74) is 4.65. The molecule has 2 heterocycles. The molecule has 384 valence electrons. The van der Waals surface area contributed by atoms with Crippen molar-refractivity contribution in [3.8, 4) is 16.9 Å². The number of hydrogen-bond acceptors (Lipinski definition) is 14. The molecule has 2 aliphatic heterocycles. The zero-order chi connectivity index (χ0) is 51.6. The number of esters is 1. The minimum atomic E-state index is -1.93. The number of alkyl carbamates (subject to hydrolysis) is 2. The van der Waals surface area contributed by atoms with Crippen molar-refractivity contribution in [1.82, 2.24) is 15.5 Å². The molecule has 1 fully saturated rings. The Hall–Kier alpha value is -5.24. The fourth-order valence-electron chi connectivity index (χ4n) is 9.08. The zero-order valence-electron chi connectivity index (χ0n) is 41.3. The molecule has 0 aromatic heterocycles. The number of allylic oxidation sites excluding steroid dienone is 3. The van der Waals surface area contributed by atoms with Crippen LogP contribution in [0.25, 0.3) is 11.1 Å². The number of halogens is 1. The number of methoxy groups -OCH3 is 2. The molecule has 6 rings (SSSR count). The number of nitrogens with zero attached hydrogens (tertiary/aromatic N) is 2. The second-order valence-electron chi connectivity index (χ2n) is 18.2. The number of fused-ring (bicyclic) bond motifs is 7. The summed E-state index contributed by atoms with van der Waals surface area (Å²) < 4.78 is 28.5. The second kappa shape index (κ2) is 24.9. The van der Waals surface area contributed by atoms with Gasteiger partial charge in [0.1, 0.15) is 41.7 Å². The summed E-state index contributed by atoms with van der Waals surface area (Å²) in [6, 6.07) is 18.7. The molecule has 19 heteroatoms. The molecule has 16 nitrogen and oxygen atoms in total. The molecule has 0 spiro atoms. The Bertz CT molecular complexity index is 2430. The maximum Gasteiger partial charge on any atom is 0.409 e. The van der Waals surface area contributed by atoms with Gasteiger partial charge < -0.3 is 49.0 Å². The van der Waals surface area contributed by atoms with Gasteiger partial charge in [-0.25, -0.2) is 14.4 Å². The molecule has 0 radical (unpaired) electrons. The highest BCUT2D eigenvalue weighted by atomic mass is 35.5. The van der Waals surface area contributed by atoms with Crippen LogP contribution in [-0.4, -0.2) is 134 Å². The van der Waals surface area contributed by atoms with Crippen LogP contribution in [0.15, 0.2) is 84.5 Å². The molecule has 3 aromatic carbocycles. The lowest BCUT2D eigenvalue weighted by atomic mass is 9.81. The molecule has 0 unspecified atom stereocenters. The summed E-state index contributed by atoms with van der Waals surface area (Å²) in [6.07, 6.45) is -0.988. The molecule has 4 amide bonds. The number of anilines is 1. The van der Waals surface area contributed by atoms with Crippen molar-refractivity contribution < 1.29 is 57.9 Å². The highest BCUT2D eigenvalue weighted by Crippen LogP contribution is 2.45. The first-order valence-electron chi connectivity index (χ1n) is 23.6. The lowest BCUT2D eigenvalue weighted by Gasteiger charge is -2.43. The number of rotatable bonds is 14. The van der Waals surface area contributed by atoms with Crippen LogP contribution in [0.2, 0.25) is 5.02 Å². The monoisotopic (exact) mass is 1040 g/mol. The first-order valence-corrected chi connectivity index (χ1v) is 26.4. The minimum Gasteiger partial charge on any atom is -0.495 e. The van der Waals surface area contributed by atoms with Crippen molar-refractivity contribution in [2.75, 3.05) is 57.9 Å². The number of benzene rings is 3. The summed E-state index contributed by atoms with van der Waals surface area (Å²) in [5, 5.41) is 29.2. The van der Waals surface area contributed by atoms with Gasteiger partial charge in [-0.3, -0.25) is 14.9 Å². The maximum absolute atomic E-state index is 14.3. The number of carbonyl (C=O) groups excluding carboxylic acids is 5. The van der Waals surface area contributed by atoms with Gasteiger partial charge in [0.2, 0.25) is 11.8 Å². The predicted molar refractivity (Wildman–Crippen MR) is 275 cm³/mol. The van der Waals surface area contributed by atoms with Crippen molar-refractivity contribution in [1.29, 1.82) is 0 Å². The minimum absolute atomic E-state index is 0.0391. The third-order valence-corrected chi connectivity index (χ3v) is 16.3. The van der Waals surface area contributed by atoms with Crippen LogP contribution >= 0.6 is 33.2 Å². The van der Waals surface area contributed by atoms with E-state index in [0.29, 0.717) is 35.9 Å². The van der Waals surface area contributed by atoms with Gasteiger partial charge in [0, 0.05) is 69.9 Å². The molecular formula is C52H65ClN4O12S2. The number of hydrogen-bond donors (Lipinski definition) is 4. The SMILES string of the molecule is COc1cc2cc(c1Cl)N(C)C(=O)C[C@H](OC(=O)[C@H](C)N(C)C(=O)CCSSCCNC(=O)OCC1c3ccccc3-c3ccccc31)[C@@H](C)[C@@H](O)[C@H](C)[C@@H]1C[C@@](O)(NC(=O)O1)[C@H](OC)/C=C/C=C(\C)C2. The van der Waals surface area contributed by atoms with Crippen molar-refractivity contribution in [2.45, 2.75) is 95.5 Å². The van der Waals surface area contributed by atoms with Crippen molar-refractivity contribution in [2.24, 2.45) is 11.8 Å². The summed E-state index contributed by atoms with van der Waals surface area (Å²) in [4.78, 5) is 69.8. The van der Waals surface area contributed by atoms with Crippen LogP contribution in [0.4, 0.5) is 15.3 Å². The fourth-order valence-corrected chi connectivity index (χ4v) is 11.3. The van der Waals surface area contributed by atoms with E-state index in [1.54, 1.807) is 38.1 Å². The maximum atomic E-state index is 14.3. The predicted octanol–water partition coefficient (Wildman–Crippen LogP) is 7.66.